The zero-order chi connectivity index (χ0) is 18.0. The van der Waals surface area contributed by atoms with Gasteiger partial charge in [0.05, 0.1) is 26.4 Å². The van der Waals surface area contributed by atoms with E-state index in [1.54, 1.807) is 7.11 Å². The standard InChI is InChI=1S/C15H38O5Si3/c1-16-11-12-18-14-13-17-10-9-15-23(8,19-21(2,3)4)20-22(5,6)7/h9-15H2,1-8H3. The Kier molecular flexibility index (Phi) is 11.4. The zero-order valence-corrected chi connectivity index (χ0v) is 19.5. The van der Waals surface area contributed by atoms with Gasteiger partial charge in [0, 0.05) is 13.7 Å². The Morgan fingerprint density at radius 3 is 1.48 bits per heavy atom. The number of hydrogen-bond donors (Lipinski definition) is 0. The Hall–Kier alpha value is 0.451. The molecule has 0 fully saturated rings. The quantitative estimate of drug-likeness (QED) is 0.337. The number of methoxy groups -OCH3 is 1. The lowest BCUT2D eigenvalue weighted by Gasteiger charge is -2.38. The van der Waals surface area contributed by atoms with Crippen molar-refractivity contribution in [2.24, 2.45) is 0 Å². The Morgan fingerprint density at radius 2 is 1.04 bits per heavy atom. The molecule has 0 aliphatic heterocycles. The minimum absolute atomic E-state index is 0.620. The summed E-state index contributed by atoms with van der Waals surface area (Å²) in [5.41, 5.74) is 0. The van der Waals surface area contributed by atoms with Gasteiger partial charge in [-0.2, -0.15) is 0 Å². The Bertz CT molecular complexity index is 286. The molecule has 0 N–H and O–H groups in total. The molecule has 0 saturated carbocycles. The van der Waals surface area contributed by atoms with Crippen molar-refractivity contribution in [2.45, 2.75) is 58.3 Å². The topological polar surface area (TPSA) is 46.2 Å². The fourth-order valence-electron chi connectivity index (χ4n) is 2.38. The predicted octanol–water partition coefficient (Wildman–Crippen LogP) is 3.83. The highest BCUT2D eigenvalue weighted by Gasteiger charge is 2.39. The fourth-order valence-corrected chi connectivity index (χ4v) is 14.9. The van der Waals surface area contributed by atoms with E-state index < -0.39 is 25.2 Å². The van der Waals surface area contributed by atoms with Gasteiger partial charge in [0.1, 0.15) is 0 Å². The van der Waals surface area contributed by atoms with Crippen molar-refractivity contribution in [3.05, 3.63) is 0 Å². The molecule has 0 heterocycles. The molecule has 8 heteroatoms. The smallest absolute Gasteiger partial charge is 0.314 e. The summed E-state index contributed by atoms with van der Waals surface area (Å²) in [6.45, 7) is 18.9. The van der Waals surface area contributed by atoms with Gasteiger partial charge in [0.2, 0.25) is 0 Å². The second-order valence-corrected chi connectivity index (χ2v) is 20.7. The van der Waals surface area contributed by atoms with Crippen molar-refractivity contribution in [2.75, 3.05) is 40.1 Å². The molecule has 5 nitrogen and oxygen atoms in total. The summed E-state index contributed by atoms with van der Waals surface area (Å²) >= 11 is 0. The summed E-state index contributed by atoms with van der Waals surface area (Å²) in [4.78, 5) is 0. The Labute approximate surface area is 146 Å². The van der Waals surface area contributed by atoms with Gasteiger partial charge in [-0.3, -0.25) is 0 Å². The van der Waals surface area contributed by atoms with Crippen LogP contribution < -0.4 is 0 Å². The van der Waals surface area contributed by atoms with Gasteiger partial charge in [-0.05, 0) is 58.3 Å². The maximum Gasteiger partial charge on any atom is 0.314 e. The average Bonchev–Trinajstić information content (AvgIpc) is 2.32. The van der Waals surface area contributed by atoms with Crippen molar-refractivity contribution < 1.29 is 22.4 Å². The Balaban J connectivity index is 4.06. The van der Waals surface area contributed by atoms with Gasteiger partial charge in [-0.15, -0.1) is 0 Å². The first-order valence-corrected chi connectivity index (χ1v) is 17.9. The van der Waals surface area contributed by atoms with Crippen LogP contribution in [0.15, 0.2) is 0 Å². The highest BCUT2D eigenvalue weighted by molar-refractivity contribution is 6.87. The molecule has 0 aromatic rings. The van der Waals surface area contributed by atoms with Crippen molar-refractivity contribution in [1.29, 1.82) is 0 Å². The van der Waals surface area contributed by atoms with E-state index in [9.17, 15) is 0 Å². The summed E-state index contributed by atoms with van der Waals surface area (Å²) in [5, 5.41) is 0. The van der Waals surface area contributed by atoms with Crippen LogP contribution >= 0.6 is 0 Å². The van der Waals surface area contributed by atoms with Gasteiger partial charge in [-0.25, -0.2) is 0 Å². The van der Waals surface area contributed by atoms with Crippen LogP contribution in [0.2, 0.25) is 51.9 Å². The normalized spacial score (nSPS) is 13.6. The molecule has 0 aromatic carbocycles. The molecule has 23 heavy (non-hydrogen) atoms. The summed E-state index contributed by atoms with van der Waals surface area (Å²) in [6, 6.07) is 0.992. The summed E-state index contributed by atoms with van der Waals surface area (Å²) in [6.07, 6.45) is 0.982. The van der Waals surface area contributed by atoms with E-state index in [0.29, 0.717) is 26.4 Å². The SMILES string of the molecule is COCCOCCOCCC[Si](C)(O[Si](C)(C)C)O[Si](C)(C)C. The van der Waals surface area contributed by atoms with Crippen LogP contribution in [0.3, 0.4) is 0 Å². The van der Waals surface area contributed by atoms with Gasteiger partial charge in [-0.1, -0.05) is 0 Å². The maximum absolute atomic E-state index is 6.47. The highest BCUT2D eigenvalue weighted by Crippen LogP contribution is 2.25. The average molecular weight is 383 g/mol. The van der Waals surface area contributed by atoms with E-state index in [2.05, 4.69) is 45.8 Å². The number of hydrogen-bond acceptors (Lipinski definition) is 5. The monoisotopic (exact) mass is 382 g/mol. The third kappa shape index (κ3) is 15.7. The fraction of sp³-hybridized carbons (Fsp3) is 1.00. The Morgan fingerprint density at radius 1 is 0.609 bits per heavy atom. The van der Waals surface area contributed by atoms with Crippen LogP contribution in [0.25, 0.3) is 0 Å². The first kappa shape index (κ1) is 23.5. The molecule has 0 spiro atoms. The van der Waals surface area contributed by atoms with Gasteiger partial charge in [0.25, 0.3) is 0 Å². The van der Waals surface area contributed by atoms with Gasteiger partial charge in [0.15, 0.2) is 16.6 Å². The second kappa shape index (κ2) is 11.1. The molecule has 0 amide bonds. The van der Waals surface area contributed by atoms with Crippen LogP contribution in [0.4, 0.5) is 0 Å². The molecule has 0 aliphatic carbocycles. The van der Waals surface area contributed by atoms with E-state index in [-0.39, 0.29) is 0 Å². The van der Waals surface area contributed by atoms with E-state index in [1.807, 2.05) is 0 Å². The van der Waals surface area contributed by atoms with Crippen LogP contribution in [0.5, 0.6) is 0 Å². The molecular formula is C15H38O5Si3. The van der Waals surface area contributed by atoms with E-state index >= 15 is 0 Å². The van der Waals surface area contributed by atoms with Crippen molar-refractivity contribution >= 4 is 25.2 Å². The predicted molar refractivity (Wildman–Crippen MR) is 103 cm³/mol. The van der Waals surface area contributed by atoms with Crippen molar-refractivity contribution in [3.8, 4) is 0 Å². The first-order valence-electron chi connectivity index (χ1n) is 8.52. The lowest BCUT2D eigenvalue weighted by molar-refractivity contribution is 0.0247. The first-order chi connectivity index (χ1) is 10.5. The van der Waals surface area contributed by atoms with E-state index in [1.165, 1.54) is 0 Å². The molecule has 0 aromatic heterocycles. The number of rotatable bonds is 14. The van der Waals surface area contributed by atoms with Crippen molar-refractivity contribution in [1.82, 2.24) is 0 Å². The summed E-state index contributed by atoms with van der Waals surface area (Å²) in [7, 11) is -3.64. The van der Waals surface area contributed by atoms with Gasteiger partial charge >= 0.3 is 8.56 Å². The van der Waals surface area contributed by atoms with Crippen LogP contribution in [0.1, 0.15) is 6.42 Å². The van der Waals surface area contributed by atoms with E-state index in [4.69, 9.17) is 22.4 Å². The minimum Gasteiger partial charge on any atom is -0.437 e. The molecule has 0 unspecified atom stereocenters. The molecule has 0 bridgehead atoms. The highest BCUT2D eigenvalue weighted by atomic mass is 28.5. The molecule has 0 aliphatic rings. The van der Waals surface area contributed by atoms with Crippen LogP contribution in [-0.2, 0) is 22.4 Å². The number of ether oxygens (including phenoxy) is 3. The molecule has 0 saturated heterocycles. The second-order valence-electron chi connectivity index (χ2n) is 7.88. The summed E-state index contributed by atoms with van der Waals surface area (Å²) < 4.78 is 28.9. The van der Waals surface area contributed by atoms with Crippen LogP contribution in [0, 0.1) is 0 Å². The molecular weight excluding hydrogens is 344 g/mol. The lowest BCUT2D eigenvalue weighted by Crippen LogP contribution is -2.52. The molecule has 0 radical (unpaired) electrons. The molecule has 140 valence electrons. The molecule has 0 atom stereocenters. The van der Waals surface area contributed by atoms with Gasteiger partial charge < -0.3 is 22.4 Å². The third-order valence-corrected chi connectivity index (χ3v) is 12.4. The zero-order valence-electron chi connectivity index (χ0n) is 16.5. The maximum atomic E-state index is 6.47. The van der Waals surface area contributed by atoms with Crippen LogP contribution in [-0.4, -0.2) is 65.3 Å². The summed E-state index contributed by atoms with van der Waals surface area (Å²) in [5.74, 6) is 0. The van der Waals surface area contributed by atoms with Crippen molar-refractivity contribution in [3.63, 3.8) is 0 Å². The molecule has 0 rings (SSSR count). The minimum atomic E-state index is -2.11. The van der Waals surface area contributed by atoms with E-state index in [0.717, 1.165) is 19.1 Å². The third-order valence-electron chi connectivity index (χ3n) is 2.77. The lowest BCUT2D eigenvalue weighted by atomic mass is 10.5. The largest absolute Gasteiger partial charge is 0.437 e.